The summed E-state index contributed by atoms with van der Waals surface area (Å²) in [5.41, 5.74) is 1.07. The number of aromatic nitrogens is 1. The lowest BCUT2D eigenvalue weighted by Gasteiger charge is -2.19. The molecule has 6 heteroatoms. The lowest BCUT2D eigenvalue weighted by atomic mass is 9.89. The summed E-state index contributed by atoms with van der Waals surface area (Å²) in [6, 6.07) is 9.15. The molecule has 1 fully saturated rings. The molecule has 1 aliphatic rings. The van der Waals surface area contributed by atoms with Crippen LogP contribution in [0, 0.1) is 5.92 Å². The molecule has 0 aliphatic heterocycles. The number of para-hydroxylation sites is 1. The molecule has 0 radical (unpaired) electrons. The Labute approximate surface area is 148 Å². The predicted octanol–water partition coefficient (Wildman–Crippen LogP) is 4.44. The number of rotatable bonds is 3. The summed E-state index contributed by atoms with van der Waals surface area (Å²) < 4.78 is 5.35. The summed E-state index contributed by atoms with van der Waals surface area (Å²) in [4.78, 5) is 29.0. The van der Waals surface area contributed by atoms with Crippen molar-refractivity contribution in [3.8, 4) is 11.3 Å². The highest BCUT2D eigenvalue weighted by Gasteiger charge is 2.22. The number of thiazole rings is 1. The summed E-state index contributed by atoms with van der Waals surface area (Å²) >= 11 is 1.33. The molecule has 25 heavy (non-hydrogen) atoms. The highest BCUT2D eigenvalue weighted by Crippen LogP contribution is 2.28. The largest absolute Gasteiger partial charge is 0.422 e. The number of anilines is 1. The first kappa shape index (κ1) is 16.0. The Balaban J connectivity index is 1.57. The predicted molar refractivity (Wildman–Crippen MR) is 98.8 cm³/mol. The molecule has 1 aromatic carbocycles. The zero-order chi connectivity index (χ0) is 17.2. The van der Waals surface area contributed by atoms with Crippen LogP contribution in [0.3, 0.4) is 0 Å². The van der Waals surface area contributed by atoms with Crippen LogP contribution in [0.15, 0.2) is 44.9 Å². The fourth-order valence-corrected chi connectivity index (χ4v) is 3.98. The van der Waals surface area contributed by atoms with E-state index in [4.69, 9.17) is 4.42 Å². The van der Waals surface area contributed by atoms with E-state index >= 15 is 0 Å². The van der Waals surface area contributed by atoms with Gasteiger partial charge in [-0.15, -0.1) is 11.3 Å². The van der Waals surface area contributed by atoms with Gasteiger partial charge in [-0.3, -0.25) is 4.79 Å². The molecule has 0 spiro atoms. The third-order valence-corrected chi connectivity index (χ3v) is 5.39. The Morgan fingerprint density at radius 1 is 1.20 bits per heavy atom. The van der Waals surface area contributed by atoms with Gasteiger partial charge in [-0.05, 0) is 25.0 Å². The Bertz CT molecular complexity index is 970. The van der Waals surface area contributed by atoms with Crippen LogP contribution >= 0.6 is 11.3 Å². The molecule has 128 valence electrons. The maximum Gasteiger partial charge on any atom is 0.345 e. The number of hydrogen-bond donors (Lipinski definition) is 1. The molecule has 0 bridgehead atoms. The SMILES string of the molecule is O=C(Nc1nc(-c2cc3ccccc3oc2=O)cs1)C1CCCCC1. The van der Waals surface area contributed by atoms with E-state index in [1.165, 1.54) is 17.8 Å². The van der Waals surface area contributed by atoms with Crippen molar-refractivity contribution in [2.45, 2.75) is 32.1 Å². The van der Waals surface area contributed by atoms with E-state index in [2.05, 4.69) is 10.3 Å². The van der Waals surface area contributed by atoms with Crippen molar-refractivity contribution in [1.29, 1.82) is 0 Å². The zero-order valence-corrected chi connectivity index (χ0v) is 14.5. The van der Waals surface area contributed by atoms with Gasteiger partial charge in [-0.2, -0.15) is 0 Å². The summed E-state index contributed by atoms with van der Waals surface area (Å²) in [6.45, 7) is 0. The normalized spacial score (nSPS) is 15.4. The van der Waals surface area contributed by atoms with Crippen LogP contribution in [0.25, 0.3) is 22.2 Å². The highest BCUT2D eigenvalue weighted by atomic mass is 32.1. The van der Waals surface area contributed by atoms with Gasteiger partial charge in [0.1, 0.15) is 5.58 Å². The molecule has 5 nitrogen and oxygen atoms in total. The zero-order valence-electron chi connectivity index (χ0n) is 13.7. The number of amides is 1. The maximum atomic E-state index is 12.3. The molecule has 0 unspecified atom stereocenters. The standard InChI is InChI=1S/C19H18N2O3S/c22-17(12-6-2-1-3-7-12)21-19-20-15(11-25-19)14-10-13-8-4-5-9-16(13)24-18(14)23/h4-5,8-12H,1-3,6-7H2,(H,20,21,22). The van der Waals surface area contributed by atoms with Gasteiger partial charge in [0.2, 0.25) is 5.91 Å². The molecule has 4 rings (SSSR count). The average molecular weight is 354 g/mol. The Kier molecular flexibility index (Phi) is 4.36. The number of fused-ring (bicyclic) bond motifs is 1. The first-order valence-corrected chi connectivity index (χ1v) is 9.38. The summed E-state index contributed by atoms with van der Waals surface area (Å²) in [6.07, 6.45) is 5.32. The van der Waals surface area contributed by atoms with Gasteiger partial charge in [-0.1, -0.05) is 37.5 Å². The lowest BCUT2D eigenvalue weighted by molar-refractivity contribution is -0.120. The first-order valence-electron chi connectivity index (χ1n) is 8.50. The monoisotopic (exact) mass is 354 g/mol. The van der Waals surface area contributed by atoms with Crippen molar-refractivity contribution < 1.29 is 9.21 Å². The van der Waals surface area contributed by atoms with Gasteiger partial charge >= 0.3 is 5.63 Å². The number of nitrogens with one attached hydrogen (secondary N) is 1. The molecule has 0 saturated heterocycles. The van der Waals surface area contributed by atoms with E-state index in [9.17, 15) is 9.59 Å². The molecule has 1 saturated carbocycles. The van der Waals surface area contributed by atoms with E-state index in [0.29, 0.717) is 22.0 Å². The second kappa shape index (κ2) is 6.80. The Morgan fingerprint density at radius 3 is 2.84 bits per heavy atom. The molecule has 3 aromatic rings. The van der Waals surface area contributed by atoms with Crippen molar-refractivity contribution in [2.24, 2.45) is 5.92 Å². The molecule has 0 atom stereocenters. The van der Waals surface area contributed by atoms with Gasteiger partial charge in [0, 0.05) is 16.7 Å². The fraction of sp³-hybridized carbons (Fsp3) is 0.316. The van der Waals surface area contributed by atoms with Gasteiger partial charge in [-0.25, -0.2) is 9.78 Å². The van der Waals surface area contributed by atoms with Crippen LogP contribution in [0.5, 0.6) is 0 Å². The fourth-order valence-electron chi connectivity index (χ4n) is 3.27. The molecule has 2 aromatic heterocycles. The van der Waals surface area contributed by atoms with Gasteiger partial charge in [0.25, 0.3) is 0 Å². The van der Waals surface area contributed by atoms with Crippen LogP contribution < -0.4 is 10.9 Å². The summed E-state index contributed by atoms with van der Waals surface area (Å²) in [5, 5.41) is 6.04. The van der Waals surface area contributed by atoms with E-state index in [-0.39, 0.29) is 11.8 Å². The van der Waals surface area contributed by atoms with E-state index < -0.39 is 5.63 Å². The minimum absolute atomic E-state index is 0.0335. The van der Waals surface area contributed by atoms with Crippen molar-refractivity contribution in [1.82, 2.24) is 4.98 Å². The molecule has 2 heterocycles. The van der Waals surface area contributed by atoms with Crippen LogP contribution in [-0.4, -0.2) is 10.9 Å². The number of carbonyl (C=O) groups excluding carboxylic acids is 1. The lowest BCUT2D eigenvalue weighted by Crippen LogP contribution is -2.24. The number of hydrogen-bond acceptors (Lipinski definition) is 5. The van der Waals surface area contributed by atoms with Gasteiger partial charge < -0.3 is 9.73 Å². The van der Waals surface area contributed by atoms with Gasteiger partial charge in [0.15, 0.2) is 5.13 Å². The molecule has 1 aliphatic carbocycles. The van der Waals surface area contributed by atoms with E-state index in [0.717, 1.165) is 31.1 Å². The Hall–Kier alpha value is -2.47. The van der Waals surface area contributed by atoms with Crippen LogP contribution in [-0.2, 0) is 4.79 Å². The molecule has 1 amide bonds. The third-order valence-electron chi connectivity index (χ3n) is 4.63. The molecule has 1 N–H and O–H groups in total. The topological polar surface area (TPSA) is 72.2 Å². The minimum Gasteiger partial charge on any atom is -0.422 e. The molecular formula is C19H18N2O3S. The van der Waals surface area contributed by atoms with E-state index in [1.807, 2.05) is 18.2 Å². The van der Waals surface area contributed by atoms with Crippen molar-refractivity contribution in [2.75, 3.05) is 5.32 Å². The molecular weight excluding hydrogens is 336 g/mol. The minimum atomic E-state index is -0.422. The van der Waals surface area contributed by atoms with Crippen LogP contribution in [0.2, 0.25) is 0 Å². The summed E-state index contributed by atoms with van der Waals surface area (Å²) in [5.74, 6) is 0.109. The smallest absolute Gasteiger partial charge is 0.345 e. The second-order valence-electron chi connectivity index (χ2n) is 6.35. The van der Waals surface area contributed by atoms with Crippen molar-refractivity contribution >= 4 is 33.3 Å². The number of carbonyl (C=O) groups is 1. The van der Waals surface area contributed by atoms with E-state index in [1.54, 1.807) is 17.5 Å². The highest BCUT2D eigenvalue weighted by molar-refractivity contribution is 7.14. The number of nitrogens with zero attached hydrogens (tertiary/aromatic N) is 1. The van der Waals surface area contributed by atoms with Crippen LogP contribution in [0.4, 0.5) is 5.13 Å². The van der Waals surface area contributed by atoms with Crippen molar-refractivity contribution in [3.63, 3.8) is 0 Å². The quantitative estimate of drug-likeness (QED) is 0.706. The first-order chi connectivity index (χ1) is 12.2. The second-order valence-corrected chi connectivity index (χ2v) is 7.21. The summed E-state index contributed by atoms with van der Waals surface area (Å²) in [7, 11) is 0. The number of benzene rings is 1. The average Bonchev–Trinajstić information content (AvgIpc) is 3.10. The van der Waals surface area contributed by atoms with Crippen LogP contribution in [0.1, 0.15) is 32.1 Å². The van der Waals surface area contributed by atoms with Gasteiger partial charge in [0.05, 0.1) is 11.3 Å². The van der Waals surface area contributed by atoms with Crippen molar-refractivity contribution in [3.05, 3.63) is 46.1 Å². The maximum absolute atomic E-state index is 12.3. The third kappa shape index (κ3) is 3.35. The Morgan fingerprint density at radius 2 is 2.00 bits per heavy atom.